The molecule has 0 aliphatic heterocycles. The molecule has 2 heterocycles. The summed E-state index contributed by atoms with van der Waals surface area (Å²) in [6.45, 7) is 8.13. The van der Waals surface area contributed by atoms with Gasteiger partial charge in [0.15, 0.2) is 5.82 Å². The summed E-state index contributed by atoms with van der Waals surface area (Å²) in [4.78, 5) is 38.3. The Labute approximate surface area is 226 Å². The number of rotatable bonds is 6. The van der Waals surface area contributed by atoms with Crippen LogP contribution in [-0.4, -0.2) is 42.1 Å². The van der Waals surface area contributed by atoms with Gasteiger partial charge in [0.1, 0.15) is 29.3 Å². The lowest BCUT2D eigenvalue weighted by atomic mass is 9.86. The maximum atomic E-state index is 13.0. The fraction of sp³-hybridized carbons (Fsp3) is 0.310. The van der Waals surface area contributed by atoms with E-state index in [9.17, 15) is 14.7 Å². The van der Waals surface area contributed by atoms with E-state index in [4.69, 9.17) is 0 Å². The van der Waals surface area contributed by atoms with E-state index < -0.39 is 5.91 Å². The molecule has 10 nitrogen and oxygen atoms in total. The topological polar surface area (TPSA) is 146 Å². The van der Waals surface area contributed by atoms with Crippen LogP contribution in [0.4, 0.5) is 0 Å². The van der Waals surface area contributed by atoms with Crippen LogP contribution in [0, 0.1) is 6.92 Å². The van der Waals surface area contributed by atoms with Crippen molar-refractivity contribution in [3.8, 4) is 17.1 Å². The number of fused-ring (bicyclic) bond motifs is 1. The first-order valence-corrected chi connectivity index (χ1v) is 12.8. The second kappa shape index (κ2) is 10.3. The van der Waals surface area contributed by atoms with Crippen LogP contribution in [0.15, 0.2) is 48.8 Å². The molecule has 0 saturated carbocycles. The number of nitrogens with one attached hydrogen (secondary N) is 3. The van der Waals surface area contributed by atoms with Crippen molar-refractivity contribution in [1.29, 1.82) is 0 Å². The summed E-state index contributed by atoms with van der Waals surface area (Å²) in [7, 11) is 0. The van der Waals surface area contributed by atoms with Gasteiger partial charge in [0.05, 0.1) is 6.04 Å². The van der Waals surface area contributed by atoms with Gasteiger partial charge in [0, 0.05) is 18.2 Å². The Bertz CT molecular complexity index is 1550. The number of hydrogen-bond acceptors (Lipinski definition) is 7. The minimum Gasteiger partial charge on any atom is -0.508 e. The average Bonchev–Trinajstić information content (AvgIpc) is 3.52. The number of phenolic OH excluding ortho intramolecular Hbond substituents is 1. The van der Waals surface area contributed by atoms with Gasteiger partial charge in [-0.15, -0.1) is 0 Å². The summed E-state index contributed by atoms with van der Waals surface area (Å²) in [6.07, 6.45) is 2.79. The van der Waals surface area contributed by atoms with Gasteiger partial charge in [0.2, 0.25) is 0 Å². The fourth-order valence-electron chi connectivity index (χ4n) is 4.81. The van der Waals surface area contributed by atoms with Gasteiger partial charge < -0.3 is 15.7 Å². The van der Waals surface area contributed by atoms with Gasteiger partial charge in [-0.05, 0) is 59.6 Å². The zero-order valence-electron chi connectivity index (χ0n) is 22.4. The molecule has 0 radical (unpaired) electrons. The molecule has 0 spiro atoms. The maximum Gasteiger partial charge on any atom is 0.270 e. The highest BCUT2D eigenvalue weighted by molar-refractivity contribution is 5.97. The number of aromatic nitrogens is 5. The molecule has 1 aliphatic rings. The molecule has 1 atom stereocenters. The Morgan fingerprint density at radius 1 is 1.05 bits per heavy atom. The molecular weight excluding hydrogens is 494 g/mol. The van der Waals surface area contributed by atoms with Crippen molar-refractivity contribution in [2.45, 2.75) is 58.5 Å². The number of H-pyrrole nitrogens is 1. The predicted molar refractivity (Wildman–Crippen MR) is 145 cm³/mol. The molecule has 39 heavy (non-hydrogen) atoms. The molecule has 2 aromatic carbocycles. The molecule has 0 unspecified atom stereocenters. The van der Waals surface area contributed by atoms with E-state index in [1.807, 2.05) is 52.0 Å². The Kier molecular flexibility index (Phi) is 6.86. The molecule has 0 bridgehead atoms. The van der Waals surface area contributed by atoms with Gasteiger partial charge in [-0.25, -0.2) is 15.0 Å². The Hall–Kier alpha value is -4.60. The molecule has 2 amide bonds. The van der Waals surface area contributed by atoms with E-state index >= 15 is 0 Å². The first kappa shape index (κ1) is 26.0. The average molecular weight is 526 g/mol. The standard InChI is InChI=1S/C29H31N7O3/c1-16-33-26(36-35-16)19-6-8-20-18(12-19)7-10-22(20)34-28(39)24-13-23(31-15-32-24)27(38)30-14-17-5-9-21(25(37)11-17)29(2,3)4/h5-6,8-9,11-13,15,22,37H,7,10,14H2,1-4H3,(H,30,38)(H,34,39)(H,33,35,36)/t22-/m0/s1. The van der Waals surface area contributed by atoms with Gasteiger partial charge in [-0.3, -0.25) is 14.7 Å². The van der Waals surface area contributed by atoms with E-state index in [-0.39, 0.29) is 41.0 Å². The van der Waals surface area contributed by atoms with E-state index in [0.29, 0.717) is 5.82 Å². The highest BCUT2D eigenvalue weighted by atomic mass is 16.3. The van der Waals surface area contributed by atoms with E-state index in [2.05, 4.69) is 41.8 Å². The van der Waals surface area contributed by atoms with Crippen LogP contribution in [0.1, 0.15) is 82.3 Å². The van der Waals surface area contributed by atoms with Gasteiger partial charge in [-0.1, -0.05) is 45.0 Å². The SMILES string of the molecule is Cc1nc(-c2ccc3c(c2)CC[C@@H]3NC(=O)c2cc(C(=O)NCc3ccc(C(C)(C)C)c(O)c3)ncn2)n[nH]1. The number of aryl methyl sites for hydroxylation is 2. The van der Waals surface area contributed by atoms with E-state index in [0.717, 1.165) is 46.5 Å². The number of carbonyl (C=O) groups is 2. The number of aromatic hydroxyl groups is 1. The lowest BCUT2D eigenvalue weighted by Gasteiger charge is -2.20. The lowest BCUT2D eigenvalue weighted by molar-refractivity contribution is 0.0931. The largest absolute Gasteiger partial charge is 0.508 e. The molecule has 200 valence electrons. The fourth-order valence-corrected chi connectivity index (χ4v) is 4.81. The molecule has 4 N–H and O–H groups in total. The molecule has 0 fully saturated rings. The third kappa shape index (κ3) is 5.64. The van der Waals surface area contributed by atoms with Crippen LogP contribution >= 0.6 is 0 Å². The summed E-state index contributed by atoms with van der Waals surface area (Å²) in [5.41, 5.74) is 4.71. The second-order valence-corrected chi connectivity index (χ2v) is 10.8. The zero-order chi connectivity index (χ0) is 27.7. The van der Waals surface area contributed by atoms with E-state index in [1.54, 1.807) is 6.07 Å². The van der Waals surface area contributed by atoms with Crippen LogP contribution in [-0.2, 0) is 18.4 Å². The first-order chi connectivity index (χ1) is 18.6. The number of nitrogens with zero attached hydrogens (tertiary/aromatic N) is 4. The Morgan fingerprint density at radius 3 is 2.51 bits per heavy atom. The molecule has 10 heteroatoms. The monoisotopic (exact) mass is 525 g/mol. The minimum absolute atomic E-state index is 0.0870. The molecule has 5 rings (SSSR count). The van der Waals surface area contributed by atoms with Crippen molar-refractivity contribution in [1.82, 2.24) is 35.8 Å². The quantitative estimate of drug-likeness (QED) is 0.298. The highest BCUT2D eigenvalue weighted by Gasteiger charge is 2.26. The minimum atomic E-state index is -0.438. The van der Waals surface area contributed by atoms with Crippen molar-refractivity contribution in [2.75, 3.05) is 0 Å². The number of carbonyl (C=O) groups excluding carboxylic acids is 2. The van der Waals surface area contributed by atoms with Crippen molar-refractivity contribution in [2.24, 2.45) is 0 Å². The predicted octanol–water partition coefficient (Wildman–Crippen LogP) is 3.92. The van der Waals surface area contributed by atoms with Gasteiger partial charge in [0.25, 0.3) is 11.8 Å². The number of hydrogen-bond donors (Lipinski definition) is 4. The summed E-state index contributed by atoms with van der Waals surface area (Å²) >= 11 is 0. The zero-order valence-corrected chi connectivity index (χ0v) is 22.4. The van der Waals surface area contributed by atoms with Crippen LogP contribution in [0.3, 0.4) is 0 Å². The van der Waals surface area contributed by atoms with Crippen molar-refractivity contribution >= 4 is 11.8 Å². The third-order valence-corrected chi connectivity index (χ3v) is 6.84. The van der Waals surface area contributed by atoms with Crippen molar-refractivity contribution in [3.63, 3.8) is 0 Å². The normalized spacial score (nSPS) is 14.6. The number of amides is 2. The number of benzene rings is 2. The first-order valence-electron chi connectivity index (χ1n) is 12.8. The van der Waals surface area contributed by atoms with Crippen LogP contribution < -0.4 is 10.6 Å². The molecular formula is C29H31N7O3. The van der Waals surface area contributed by atoms with Crippen molar-refractivity contribution in [3.05, 3.63) is 88.3 Å². The maximum absolute atomic E-state index is 13.0. The molecule has 0 saturated heterocycles. The lowest BCUT2D eigenvalue weighted by Crippen LogP contribution is -2.29. The molecule has 2 aromatic heterocycles. The van der Waals surface area contributed by atoms with Gasteiger partial charge >= 0.3 is 0 Å². The summed E-state index contributed by atoms with van der Waals surface area (Å²) in [5.74, 6) is 0.774. The number of aromatic amines is 1. The number of phenols is 1. The smallest absolute Gasteiger partial charge is 0.270 e. The highest BCUT2D eigenvalue weighted by Crippen LogP contribution is 2.34. The summed E-state index contributed by atoms with van der Waals surface area (Å²) in [6, 6.07) is 12.6. The third-order valence-electron chi connectivity index (χ3n) is 6.84. The van der Waals surface area contributed by atoms with Crippen LogP contribution in [0.5, 0.6) is 5.75 Å². The Balaban J connectivity index is 1.22. The van der Waals surface area contributed by atoms with Crippen molar-refractivity contribution < 1.29 is 14.7 Å². The Morgan fingerprint density at radius 2 is 1.82 bits per heavy atom. The summed E-state index contributed by atoms with van der Waals surface area (Å²) < 4.78 is 0. The van der Waals surface area contributed by atoms with Gasteiger partial charge in [-0.2, -0.15) is 5.10 Å². The molecule has 4 aromatic rings. The second-order valence-electron chi connectivity index (χ2n) is 10.8. The summed E-state index contributed by atoms with van der Waals surface area (Å²) in [5, 5.41) is 23.3. The van der Waals surface area contributed by atoms with Crippen LogP contribution in [0.2, 0.25) is 0 Å². The van der Waals surface area contributed by atoms with Crippen LogP contribution in [0.25, 0.3) is 11.4 Å². The molecule has 1 aliphatic carbocycles. The van der Waals surface area contributed by atoms with E-state index in [1.165, 1.54) is 12.4 Å².